The zero-order valence-corrected chi connectivity index (χ0v) is 16.3. The lowest BCUT2D eigenvalue weighted by molar-refractivity contribution is 0.102. The largest absolute Gasteiger partial charge is 0.507 e. The van der Waals surface area contributed by atoms with Crippen LogP contribution in [0.1, 0.15) is 10.4 Å². The van der Waals surface area contributed by atoms with Gasteiger partial charge in [-0.15, -0.1) is 0 Å². The summed E-state index contributed by atoms with van der Waals surface area (Å²) in [6.45, 7) is 0. The van der Waals surface area contributed by atoms with Gasteiger partial charge in [-0.25, -0.2) is 0 Å². The van der Waals surface area contributed by atoms with Crippen LogP contribution in [-0.4, -0.2) is 11.0 Å². The molecule has 0 saturated carbocycles. The Morgan fingerprint density at radius 1 is 0.966 bits per heavy atom. The van der Waals surface area contributed by atoms with Crippen molar-refractivity contribution >= 4 is 45.8 Å². The Hall–Kier alpha value is -3.28. The molecular formula is C22H13Cl2NO4. The van der Waals surface area contributed by atoms with Crippen LogP contribution in [0.2, 0.25) is 10.0 Å². The number of amides is 1. The van der Waals surface area contributed by atoms with Crippen LogP contribution in [0.15, 0.2) is 75.9 Å². The number of hydrogen-bond acceptors (Lipinski definition) is 4. The van der Waals surface area contributed by atoms with Crippen molar-refractivity contribution in [1.82, 2.24) is 0 Å². The van der Waals surface area contributed by atoms with Crippen LogP contribution < -0.4 is 10.7 Å². The molecule has 1 aromatic heterocycles. The third-order valence-electron chi connectivity index (χ3n) is 4.35. The Morgan fingerprint density at radius 3 is 2.41 bits per heavy atom. The van der Waals surface area contributed by atoms with E-state index < -0.39 is 11.3 Å². The van der Waals surface area contributed by atoms with Crippen molar-refractivity contribution in [2.45, 2.75) is 0 Å². The first-order chi connectivity index (χ1) is 13.9. The minimum absolute atomic E-state index is 0.0327. The fourth-order valence-corrected chi connectivity index (χ4v) is 3.29. The van der Waals surface area contributed by atoms with Gasteiger partial charge in [-0.05, 0) is 48.5 Å². The Balaban J connectivity index is 1.85. The van der Waals surface area contributed by atoms with Gasteiger partial charge in [0.15, 0.2) is 11.0 Å². The highest BCUT2D eigenvalue weighted by Crippen LogP contribution is 2.34. The van der Waals surface area contributed by atoms with Crippen LogP contribution in [-0.2, 0) is 0 Å². The first-order valence-corrected chi connectivity index (χ1v) is 9.31. The molecule has 0 saturated heterocycles. The molecule has 3 aromatic carbocycles. The second kappa shape index (κ2) is 7.62. The van der Waals surface area contributed by atoms with Crippen molar-refractivity contribution in [3.05, 3.63) is 92.6 Å². The summed E-state index contributed by atoms with van der Waals surface area (Å²) in [5.74, 6) is -0.441. The zero-order chi connectivity index (χ0) is 20.5. The monoisotopic (exact) mass is 425 g/mol. The molecule has 2 N–H and O–H groups in total. The molecule has 0 radical (unpaired) electrons. The number of anilines is 1. The van der Waals surface area contributed by atoms with Gasteiger partial charge in [-0.3, -0.25) is 9.59 Å². The molecule has 0 aliphatic rings. The molecule has 0 aliphatic carbocycles. The molecule has 1 amide bonds. The summed E-state index contributed by atoms with van der Waals surface area (Å²) in [5.41, 5.74) is 0.728. The lowest BCUT2D eigenvalue weighted by Crippen LogP contribution is -2.13. The van der Waals surface area contributed by atoms with Gasteiger partial charge < -0.3 is 14.8 Å². The maximum atomic E-state index is 12.7. The van der Waals surface area contributed by atoms with Gasteiger partial charge in [0, 0.05) is 22.2 Å². The lowest BCUT2D eigenvalue weighted by Gasteiger charge is -2.11. The lowest BCUT2D eigenvalue weighted by atomic mass is 10.1. The van der Waals surface area contributed by atoms with Crippen molar-refractivity contribution in [2.75, 3.05) is 5.32 Å². The maximum absolute atomic E-state index is 12.7. The molecule has 1 heterocycles. The third-order valence-corrected chi connectivity index (χ3v) is 4.93. The molecule has 5 nitrogen and oxygen atoms in total. The van der Waals surface area contributed by atoms with E-state index in [4.69, 9.17) is 27.6 Å². The van der Waals surface area contributed by atoms with Gasteiger partial charge in [-0.2, -0.15) is 0 Å². The fraction of sp³-hybridized carbons (Fsp3) is 0. The Kier molecular flexibility index (Phi) is 5.01. The number of benzene rings is 3. The van der Waals surface area contributed by atoms with E-state index in [2.05, 4.69) is 5.32 Å². The van der Waals surface area contributed by atoms with Crippen LogP contribution in [0, 0.1) is 0 Å². The number of phenols is 1. The van der Waals surface area contributed by atoms with Crippen LogP contribution in [0.4, 0.5) is 5.69 Å². The van der Waals surface area contributed by atoms with E-state index in [9.17, 15) is 14.7 Å². The molecule has 0 bridgehead atoms. The normalized spacial score (nSPS) is 10.8. The van der Waals surface area contributed by atoms with E-state index in [1.807, 2.05) is 0 Å². The quantitative estimate of drug-likeness (QED) is 0.411. The third kappa shape index (κ3) is 3.70. The molecule has 7 heteroatoms. The number of phenolic OH excluding ortho intramolecular Hbond substituents is 1. The molecule has 4 rings (SSSR count). The van der Waals surface area contributed by atoms with Crippen molar-refractivity contribution in [3.63, 3.8) is 0 Å². The number of halogens is 2. The van der Waals surface area contributed by atoms with Gasteiger partial charge >= 0.3 is 0 Å². The predicted octanol–water partition coefficient (Wildman–Crippen LogP) is 5.72. The van der Waals surface area contributed by atoms with Gasteiger partial charge in [0.25, 0.3) is 5.91 Å². The number of rotatable bonds is 3. The Labute approximate surface area is 175 Å². The second-order valence-electron chi connectivity index (χ2n) is 6.25. The highest BCUT2D eigenvalue weighted by molar-refractivity contribution is 6.33. The van der Waals surface area contributed by atoms with Gasteiger partial charge in [0.2, 0.25) is 0 Å². The molecule has 0 atom stereocenters. The highest BCUT2D eigenvalue weighted by atomic mass is 35.5. The molecule has 0 fully saturated rings. The van der Waals surface area contributed by atoms with E-state index in [0.29, 0.717) is 21.2 Å². The van der Waals surface area contributed by atoms with Gasteiger partial charge in [0.05, 0.1) is 10.7 Å². The zero-order valence-electron chi connectivity index (χ0n) is 14.8. The molecule has 4 aromatic rings. The number of nitrogens with one attached hydrogen (secondary N) is 1. The smallest absolute Gasteiger partial charge is 0.255 e. The number of fused-ring (bicyclic) bond motifs is 1. The first-order valence-electron chi connectivity index (χ1n) is 8.55. The molecule has 144 valence electrons. The first kappa shape index (κ1) is 19.1. The van der Waals surface area contributed by atoms with Crippen molar-refractivity contribution in [3.8, 4) is 17.1 Å². The maximum Gasteiger partial charge on any atom is 0.255 e. The van der Waals surface area contributed by atoms with E-state index in [0.717, 1.165) is 0 Å². The molecule has 0 unspecified atom stereocenters. The fourth-order valence-electron chi connectivity index (χ4n) is 2.94. The minimum Gasteiger partial charge on any atom is -0.507 e. The number of aromatic hydroxyl groups is 1. The summed E-state index contributed by atoms with van der Waals surface area (Å²) < 4.78 is 5.90. The van der Waals surface area contributed by atoms with Crippen LogP contribution in [0.25, 0.3) is 22.3 Å². The summed E-state index contributed by atoms with van der Waals surface area (Å²) in [6.07, 6.45) is 0. The summed E-state index contributed by atoms with van der Waals surface area (Å²) >= 11 is 12.1. The van der Waals surface area contributed by atoms with E-state index in [1.54, 1.807) is 48.5 Å². The number of carbonyl (C=O) groups excluding carboxylic acids is 1. The van der Waals surface area contributed by atoms with Crippen molar-refractivity contribution < 1.29 is 14.3 Å². The average Bonchev–Trinajstić information content (AvgIpc) is 2.70. The molecule has 29 heavy (non-hydrogen) atoms. The summed E-state index contributed by atoms with van der Waals surface area (Å²) in [5, 5.41) is 13.7. The van der Waals surface area contributed by atoms with Crippen LogP contribution in [0.5, 0.6) is 5.75 Å². The Morgan fingerprint density at radius 2 is 1.69 bits per heavy atom. The minimum atomic E-state index is -0.457. The molecular weight excluding hydrogens is 413 g/mol. The summed E-state index contributed by atoms with van der Waals surface area (Å²) in [4.78, 5) is 25.3. The topological polar surface area (TPSA) is 79.5 Å². The van der Waals surface area contributed by atoms with Crippen LogP contribution in [0.3, 0.4) is 0 Å². The summed E-state index contributed by atoms with van der Waals surface area (Å²) in [7, 11) is 0. The van der Waals surface area contributed by atoms with Crippen molar-refractivity contribution in [2.24, 2.45) is 0 Å². The SMILES string of the molecule is O=C(Nc1ccc(O)c2c(=O)cc(-c3ccccc3Cl)oc12)c1ccc(Cl)cc1. The predicted molar refractivity (Wildman–Crippen MR) is 114 cm³/mol. The summed E-state index contributed by atoms with van der Waals surface area (Å²) in [6, 6.07) is 17.3. The van der Waals surface area contributed by atoms with E-state index >= 15 is 0 Å². The molecule has 0 aliphatic heterocycles. The standard InChI is InChI=1S/C22H13Cl2NO4/c23-13-7-5-12(6-8-13)22(28)25-16-9-10-17(26)20-18(27)11-19(29-21(16)20)14-3-1-2-4-15(14)24/h1-11,26H,(H,25,28). The molecule has 0 spiro atoms. The van der Waals surface area contributed by atoms with Crippen molar-refractivity contribution in [1.29, 1.82) is 0 Å². The van der Waals surface area contributed by atoms with Gasteiger partial charge in [-0.1, -0.05) is 35.3 Å². The highest BCUT2D eigenvalue weighted by Gasteiger charge is 2.17. The average molecular weight is 426 g/mol. The Bertz CT molecular complexity index is 1300. The van der Waals surface area contributed by atoms with Gasteiger partial charge in [0.1, 0.15) is 16.9 Å². The number of carbonyl (C=O) groups is 1. The second-order valence-corrected chi connectivity index (χ2v) is 7.10. The number of hydrogen-bond donors (Lipinski definition) is 2. The van der Waals surface area contributed by atoms with E-state index in [-0.39, 0.29) is 28.2 Å². The van der Waals surface area contributed by atoms with Crippen LogP contribution >= 0.6 is 23.2 Å². The van der Waals surface area contributed by atoms with E-state index in [1.165, 1.54) is 18.2 Å².